The number of carbonyl (C=O) groups excluding carboxylic acids is 3. The van der Waals surface area contributed by atoms with Crippen LogP contribution in [0.1, 0.15) is 27.7 Å². The maximum absolute atomic E-state index is 13.0. The third-order valence-electron chi connectivity index (χ3n) is 5.36. The Morgan fingerprint density at radius 2 is 1.80 bits per heavy atom. The predicted molar refractivity (Wildman–Crippen MR) is 107 cm³/mol. The minimum Gasteiger partial charge on any atom is -0.466 e. The number of fused-ring (bicyclic) bond motifs is 2. The van der Waals surface area contributed by atoms with Crippen LogP contribution in [0.25, 0.3) is 0 Å². The van der Waals surface area contributed by atoms with Crippen molar-refractivity contribution in [3.63, 3.8) is 0 Å². The Bertz CT molecular complexity index is 824. The smallest absolute Gasteiger partial charge is 0.314 e. The molecule has 1 aromatic rings. The van der Waals surface area contributed by atoms with E-state index in [1.165, 1.54) is 13.8 Å². The van der Waals surface area contributed by atoms with Crippen molar-refractivity contribution >= 4 is 23.6 Å². The van der Waals surface area contributed by atoms with Crippen LogP contribution in [0.5, 0.6) is 0 Å². The Labute approximate surface area is 175 Å². The van der Waals surface area contributed by atoms with Gasteiger partial charge < -0.3 is 23.8 Å². The highest BCUT2D eigenvalue weighted by molar-refractivity contribution is 5.77. The van der Waals surface area contributed by atoms with Gasteiger partial charge in [0.05, 0.1) is 6.61 Å². The van der Waals surface area contributed by atoms with Crippen LogP contribution < -0.4 is 4.90 Å². The van der Waals surface area contributed by atoms with Crippen LogP contribution in [0.2, 0.25) is 0 Å². The highest BCUT2D eigenvalue weighted by Crippen LogP contribution is 2.48. The molecule has 0 spiro atoms. The molecule has 0 saturated carbocycles. The van der Waals surface area contributed by atoms with Crippen molar-refractivity contribution in [2.45, 2.75) is 45.6 Å². The quantitative estimate of drug-likeness (QED) is 0.515. The van der Waals surface area contributed by atoms with Crippen molar-refractivity contribution in [2.24, 2.45) is 11.8 Å². The van der Waals surface area contributed by atoms with Gasteiger partial charge in [0.2, 0.25) is 0 Å². The molecule has 0 radical (unpaired) electrons. The SMILES string of the molecule is CCOC(=O)C1C2C=CN(c3ccccc3)C1(C)OC(COC(C)=O)C2OC(C)=O. The van der Waals surface area contributed by atoms with Gasteiger partial charge in [-0.05, 0) is 26.0 Å². The van der Waals surface area contributed by atoms with E-state index < -0.39 is 47.7 Å². The Hall–Kier alpha value is -2.87. The number of benzene rings is 1. The van der Waals surface area contributed by atoms with Crippen LogP contribution in [0, 0.1) is 11.8 Å². The van der Waals surface area contributed by atoms with E-state index >= 15 is 0 Å². The molecule has 2 aliphatic heterocycles. The summed E-state index contributed by atoms with van der Waals surface area (Å²) >= 11 is 0. The number of esters is 3. The standard InChI is InChI=1S/C22H27NO7/c1-5-27-21(26)19-17-11-12-23(16-9-7-6-8-10-16)22(19,4)30-18(13-28-14(2)24)20(17)29-15(3)25/h6-12,17-20H,5,13H2,1-4H3. The molecule has 5 unspecified atom stereocenters. The van der Waals surface area contributed by atoms with Gasteiger partial charge in [-0.25, -0.2) is 0 Å². The first-order valence-corrected chi connectivity index (χ1v) is 9.95. The monoisotopic (exact) mass is 417 g/mol. The van der Waals surface area contributed by atoms with Crippen LogP contribution in [0.4, 0.5) is 5.69 Å². The lowest BCUT2D eigenvalue weighted by Crippen LogP contribution is -2.68. The molecule has 0 N–H and O–H groups in total. The summed E-state index contributed by atoms with van der Waals surface area (Å²) in [6.07, 6.45) is 2.09. The minimum atomic E-state index is -1.14. The van der Waals surface area contributed by atoms with E-state index in [-0.39, 0.29) is 13.2 Å². The maximum atomic E-state index is 13.0. The molecule has 2 aliphatic rings. The fourth-order valence-electron chi connectivity index (χ4n) is 4.22. The highest BCUT2D eigenvalue weighted by atomic mass is 16.6. The summed E-state index contributed by atoms with van der Waals surface area (Å²) < 4.78 is 22.4. The molecule has 8 nitrogen and oxygen atoms in total. The zero-order valence-electron chi connectivity index (χ0n) is 17.6. The van der Waals surface area contributed by atoms with E-state index in [1.807, 2.05) is 47.5 Å². The van der Waals surface area contributed by atoms with Gasteiger partial charge in [0, 0.05) is 31.7 Å². The molecular formula is C22H27NO7. The van der Waals surface area contributed by atoms with Crippen molar-refractivity contribution in [2.75, 3.05) is 18.1 Å². The zero-order chi connectivity index (χ0) is 21.9. The third kappa shape index (κ3) is 4.18. The van der Waals surface area contributed by atoms with E-state index in [1.54, 1.807) is 13.8 Å². The van der Waals surface area contributed by atoms with Crippen LogP contribution in [0.15, 0.2) is 42.6 Å². The second-order valence-corrected chi connectivity index (χ2v) is 7.44. The van der Waals surface area contributed by atoms with Crippen LogP contribution in [0.3, 0.4) is 0 Å². The topological polar surface area (TPSA) is 91.4 Å². The predicted octanol–water partition coefficient (Wildman–Crippen LogP) is 2.43. The second kappa shape index (κ2) is 8.87. The Kier molecular flexibility index (Phi) is 6.45. The lowest BCUT2D eigenvalue weighted by atomic mass is 9.73. The Balaban J connectivity index is 2.07. The van der Waals surface area contributed by atoms with E-state index in [2.05, 4.69) is 0 Å². The zero-order valence-corrected chi connectivity index (χ0v) is 17.6. The first-order valence-electron chi connectivity index (χ1n) is 9.95. The molecule has 0 aromatic heterocycles. The van der Waals surface area contributed by atoms with E-state index in [0.717, 1.165) is 5.69 Å². The maximum Gasteiger partial charge on any atom is 0.314 e. The highest BCUT2D eigenvalue weighted by Gasteiger charge is 2.60. The Morgan fingerprint density at radius 1 is 1.10 bits per heavy atom. The number of hydrogen-bond acceptors (Lipinski definition) is 8. The summed E-state index contributed by atoms with van der Waals surface area (Å²) in [5, 5.41) is 0. The van der Waals surface area contributed by atoms with Gasteiger partial charge in [-0.1, -0.05) is 24.3 Å². The number of carbonyl (C=O) groups is 3. The second-order valence-electron chi connectivity index (χ2n) is 7.44. The van der Waals surface area contributed by atoms with Gasteiger partial charge in [-0.3, -0.25) is 14.4 Å². The Morgan fingerprint density at radius 3 is 2.40 bits per heavy atom. The van der Waals surface area contributed by atoms with E-state index in [4.69, 9.17) is 18.9 Å². The average molecular weight is 417 g/mol. The van der Waals surface area contributed by atoms with E-state index in [0.29, 0.717) is 0 Å². The number of para-hydroxylation sites is 1. The summed E-state index contributed by atoms with van der Waals surface area (Å²) in [7, 11) is 0. The molecule has 0 amide bonds. The molecule has 30 heavy (non-hydrogen) atoms. The third-order valence-corrected chi connectivity index (χ3v) is 5.36. The molecule has 5 atom stereocenters. The van der Waals surface area contributed by atoms with Crippen molar-refractivity contribution in [1.29, 1.82) is 0 Å². The van der Waals surface area contributed by atoms with Crippen LogP contribution in [-0.2, 0) is 33.3 Å². The number of rotatable bonds is 6. The first-order chi connectivity index (χ1) is 14.3. The number of hydrogen-bond donors (Lipinski definition) is 0. The summed E-state index contributed by atoms with van der Waals surface area (Å²) in [6.45, 7) is 6.22. The van der Waals surface area contributed by atoms with Gasteiger partial charge in [0.1, 0.15) is 24.7 Å². The fraction of sp³-hybridized carbons (Fsp3) is 0.500. The van der Waals surface area contributed by atoms with E-state index in [9.17, 15) is 14.4 Å². The molecule has 8 heteroatoms. The molecule has 1 saturated heterocycles. The molecule has 1 aromatic carbocycles. The van der Waals surface area contributed by atoms with Gasteiger partial charge in [0.25, 0.3) is 0 Å². The number of anilines is 1. The lowest BCUT2D eigenvalue weighted by molar-refractivity contribution is -0.241. The summed E-state index contributed by atoms with van der Waals surface area (Å²) in [5.41, 5.74) is -0.324. The number of nitrogens with zero attached hydrogens (tertiary/aromatic N) is 1. The van der Waals surface area contributed by atoms with Crippen LogP contribution in [-0.4, -0.2) is 49.1 Å². The molecular weight excluding hydrogens is 390 g/mol. The number of ether oxygens (including phenoxy) is 4. The lowest BCUT2D eigenvalue weighted by Gasteiger charge is -2.56. The van der Waals surface area contributed by atoms with Gasteiger partial charge >= 0.3 is 17.9 Å². The average Bonchev–Trinajstić information content (AvgIpc) is 2.69. The summed E-state index contributed by atoms with van der Waals surface area (Å²) in [5.74, 6) is -2.70. The van der Waals surface area contributed by atoms with Gasteiger partial charge in [-0.2, -0.15) is 0 Å². The largest absolute Gasteiger partial charge is 0.466 e. The first kappa shape index (κ1) is 21.8. The fourth-order valence-corrected chi connectivity index (χ4v) is 4.22. The molecule has 1 fully saturated rings. The molecule has 162 valence electrons. The molecule has 2 bridgehead atoms. The molecule has 2 heterocycles. The van der Waals surface area contributed by atoms with Crippen molar-refractivity contribution in [3.05, 3.63) is 42.6 Å². The summed E-state index contributed by atoms with van der Waals surface area (Å²) in [6, 6.07) is 9.48. The minimum absolute atomic E-state index is 0.106. The normalized spacial score (nSPS) is 29.8. The van der Waals surface area contributed by atoms with Gasteiger partial charge in [0.15, 0.2) is 5.72 Å². The van der Waals surface area contributed by atoms with Crippen molar-refractivity contribution in [3.8, 4) is 0 Å². The molecule has 3 rings (SSSR count). The van der Waals surface area contributed by atoms with Gasteiger partial charge in [-0.15, -0.1) is 0 Å². The van der Waals surface area contributed by atoms with Crippen LogP contribution >= 0.6 is 0 Å². The molecule has 0 aliphatic carbocycles. The van der Waals surface area contributed by atoms with Crippen molar-refractivity contribution in [1.82, 2.24) is 0 Å². The summed E-state index contributed by atoms with van der Waals surface area (Å²) in [4.78, 5) is 38.1. The van der Waals surface area contributed by atoms with Crippen molar-refractivity contribution < 1.29 is 33.3 Å².